The van der Waals surface area contributed by atoms with Crippen molar-refractivity contribution in [2.24, 2.45) is 41.2 Å². The zero-order valence-electron chi connectivity index (χ0n) is 58.5. The lowest BCUT2D eigenvalue weighted by atomic mass is 9.89. The molecule has 2 heterocycles. The first kappa shape index (κ1) is 81.6. The van der Waals surface area contributed by atoms with Gasteiger partial charge in [0.15, 0.2) is 0 Å². The van der Waals surface area contributed by atoms with E-state index in [0.29, 0.717) is 50.0 Å². The van der Waals surface area contributed by atoms with E-state index in [2.05, 4.69) is 42.5 Å². The number of nitrogens with one attached hydrogen (secondary N) is 8. The number of halogens is 3. The summed E-state index contributed by atoms with van der Waals surface area (Å²) in [6.45, 7) is 21.0. The molecule has 1 aromatic carbocycles. The molecule has 0 spiro atoms. The lowest BCUT2D eigenvalue weighted by molar-refractivity contribution is -0.196. The fraction of sp³-hybridized carbons (Fsp3) is 0.758. The molecule has 2 fully saturated rings. The Kier molecular flexibility index (Phi) is 34.2. The summed E-state index contributed by atoms with van der Waals surface area (Å²) in [4.78, 5) is 141. The molecule has 2 saturated heterocycles. The van der Waals surface area contributed by atoms with Crippen LogP contribution in [-0.2, 0) is 59.2 Å². The van der Waals surface area contributed by atoms with Gasteiger partial charge in [0.1, 0.15) is 30.2 Å². The smallest absolute Gasteiger partial charge is 0.379 e. The van der Waals surface area contributed by atoms with E-state index in [4.69, 9.17) is 15.2 Å². The second-order valence-electron chi connectivity index (χ2n) is 26.6. The Labute approximate surface area is 554 Å². The van der Waals surface area contributed by atoms with Crippen LogP contribution in [0.2, 0.25) is 0 Å². The molecular weight excluding hydrogens is 1220 g/mol. The Balaban J connectivity index is 1.63. The molecule has 1 aromatic rings. The van der Waals surface area contributed by atoms with Crippen LogP contribution in [0.15, 0.2) is 24.3 Å². The van der Waals surface area contributed by atoms with Gasteiger partial charge in [0.2, 0.25) is 53.2 Å². The third-order valence-corrected chi connectivity index (χ3v) is 18.1. The number of likely N-dealkylation sites (N-methyl/N-ethyl adjacent to an activating group) is 2. The number of alkyl halides is 3. The number of hydrogen-bond acceptors (Lipinski definition) is 14. The summed E-state index contributed by atoms with van der Waals surface area (Å²) in [5.74, 6) is -6.45. The number of rotatable bonds is 38. The number of ether oxygens (including phenoxy) is 2. The minimum absolute atomic E-state index is 0.00795. The average molecular weight is 1340 g/mol. The standard InChI is InChI=1S/C66H112F3N13O12/c1-17-30-71-60(87)45-29-34-81(50(35-45)66(67,68)69)32-21-24-51(83)77-53(38(3)4)62(89)76-47(22-19-31-72-65(70)92)61(88)75-46-27-25-44(26-28-46)37-73-59(86)43(11)74-58(85)42(10)57(94-16)48-23-20-33-82(48)52(84)36-49(93-15)56(41(9)18-2)80(14)64(91)54(39(5)6)78-63(90)55(40(7)8)79(12)13/h25-28,38-43,45,47-50,53-57H,17-24,29-37H2,1-16H3,(H,71,87)(H,73,86)(H,74,85)(H,75,88)(H,76,89)(H,77,83)(H,78,90)(H3,70,72,92)/t41-,42+,43-,45?,47-,48-,49+,50?,53-,54-,55-,56-,57+/m0/s1. The summed E-state index contributed by atoms with van der Waals surface area (Å²) in [6, 6.07) is -1.76. The highest BCUT2D eigenvalue weighted by atomic mass is 19.4. The third-order valence-electron chi connectivity index (χ3n) is 18.1. The predicted molar refractivity (Wildman–Crippen MR) is 352 cm³/mol. The molecule has 534 valence electrons. The summed E-state index contributed by atoms with van der Waals surface area (Å²) in [5, 5.41) is 21.9. The number of carbonyl (C=O) groups is 10. The van der Waals surface area contributed by atoms with Gasteiger partial charge >= 0.3 is 12.2 Å². The quantitative estimate of drug-likeness (QED) is 0.0414. The van der Waals surface area contributed by atoms with Crippen LogP contribution in [0.1, 0.15) is 152 Å². The van der Waals surface area contributed by atoms with Crippen LogP contribution in [0.3, 0.4) is 0 Å². The van der Waals surface area contributed by atoms with Crippen LogP contribution >= 0.6 is 0 Å². The fourth-order valence-corrected chi connectivity index (χ4v) is 12.6. The first-order valence-corrected chi connectivity index (χ1v) is 33.4. The first-order valence-electron chi connectivity index (χ1n) is 33.4. The van der Waals surface area contributed by atoms with E-state index in [0.717, 1.165) is 0 Å². The first-order chi connectivity index (χ1) is 44.1. The molecule has 25 nitrogen and oxygen atoms in total. The molecule has 2 aliphatic rings. The molecule has 28 heteroatoms. The molecule has 0 bridgehead atoms. The number of amides is 11. The summed E-state index contributed by atoms with van der Waals surface area (Å²) in [6.07, 6.45) is -3.63. The Morgan fingerprint density at radius 3 is 1.91 bits per heavy atom. The van der Waals surface area contributed by atoms with Crippen molar-refractivity contribution in [3.8, 4) is 0 Å². The number of benzene rings is 1. The van der Waals surface area contributed by atoms with E-state index >= 15 is 0 Å². The van der Waals surface area contributed by atoms with Crippen LogP contribution in [0.25, 0.3) is 0 Å². The van der Waals surface area contributed by atoms with Gasteiger partial charge in [-0.1, -0.05) is 87.8 Å². The number of likely N-dealkylation sites (tertiary alicyclic amines) is 2. The maximum Gasteiger partial charge on any atom is 0.404 e. The van der Waals surface area contributed by atoms with Gasteiger partial charge in [0.05, 0.1) is 42.7 Å². The van der Waals surface area contributed by atoms with Crippen LogP contribution in [-0.4, -0.2) is 214 Å². The van der Waals surface area contributed by atoms with E-state index < -0.39 is 126 Å². The largest absolute Gasteiger partial charge is 0.404 e. The van der Waals surface area contributed by atoms with Gasteiger partial charge in [-0.15, -0.1) is 0 Å². The molecule has 3 rings (SSSR count). The van der Waals surface area contributed by atoms with Crippen molar-refractivity contribution in [2.45, 2.75) is 220 Å². The number of carbonyl (C=O) groups excluding carboxylic acids is 10. The van der Waals surface area contributed by atoms with Gasteiger partial charge in [-0.2, -0.15) is 13.2 Å². The van der Waals surface area contributed by atoms with E-state index in [-0.39, 0.29) is 107 Å². The van der Waals surface area contributed by atoms with Crippen molar-refractivity contribution < 1.29 is 70.6 Å². The van der Waals surface area contributed by atoms with Gasteiger partial charge in [0.25, 0.3) is 0 Å². The van der Waals surface area contributed by atoms with Crippen LogP contribution in [0.4, 0.5) is 23.7 Å². The van der Waals surface area contributed by atoms with Crippen molar-refractivity contribution in [2.75, 3.05) is 73.4 Å². The Morgan fingerprint density at radius 2 is 1.36 bits per heavy atom. The maximum absolute atomic E-state index is 14.4. The van der Waals surface area contributed by atoms with Crippen molar-refractivity contribution in [1.29, 1.82) is 0 Å². The van der Waals surface area contributed by atoms with Gasteiger partial charge < -0.3 is 67.5 Å². The molecule has 2 aliphatic heterocycles. The topological polar surface area (TPSA) is 324 Å². The highest BCUT2D eigenvalue weighted by Gasteiger charge is 2.48. The molecule has 0 aliphatic carbocycles. The van der Waals surface area contributed by atoms with Gasteiger partial charge in [-0.3, -0.25) is 53.0 Å². The molecule has 13 atom stereocenters. The van der Waals surface area contributed by atoms with Crippen molar-refractivity contribution in [3.63, 3.8) is 0 Å². The van der Waals surface area contributed by atoms with Gasteiger partial charge in [0, 0.05) is 65.5 Å². The molecule has 0 saturated carbocycles. The SMILES string of the molecule is CCCNC(=O)C1CCN(CCCC(=O)N[C@H](C(=O)N[C@@H](CCCNC(N)=O)C(=O)Nc2ccc(CNC(=O)[C@H](C)NC(=O)[C@H](C)[C@@H](OC)[C@@H]3CCCN3C(=O)C[C@@H](OC)[C@H]([C@@H](C)CC)N(C)C(=O)[C@@H](NC(=O)[C@H](C(C)C)N(C)C)C(C)C)cc2)C(C)C)C(C(F)(F)F)C1. The van der Waals surface area contributed by atoms with Crippen LogP contribution in [0, 0.1) is 35.5 Å². The maximum atomic E-state index is 14.4. The number of piperidine rings is 1. The van der Waals surface area contributed by atoms with Crippen molar-refractivity contribution in [1.82, 2.24) is 56.8 Å². The fourth-order valence-electron chi connectivity index (χ4n) is 12.6. The summed E-state index contributed by atoms with van der Waals surface area (Å²) in [5.41, 5.74) is 6.20. The number of urea groups is 1. The number of nitrogens with zero attached hydrogens (tertiary/aromatic N) is 4. The molecule has 2 unspecified atom stereocenters. The van der Waals surface area contributed by atoms with Gasteiger partial charge in [-0.25, -0.2) is 4.79 Å². The number of nitrogens with two attached hydrogens (primary N) is 1. The van der Waals surface area contributed by atoms with E-state index in [1.807, 2.05) is 67.5 Å². The average Bonchev–Trinajstić information content (AvgIpc) is 1.09. The van der Waals surface area contributed by atoms with E-state index in [9.17, 15) is 61.1 Å². The van der Waals surface area contributed by atoms with Crippen molar-refractivity contribution in [3.05, 3.63) is 29.8 Å². The lowest BCUT2D eigenvalue weighted by Crippen LogP contribution is -2.59. The van der Waals surface area contributed by atoms with E-state index in [1.165, 1.54) is 26.0 Å². The number of primary amides is 1. The number of anilines is 1. The zero-order valence-corrected chi connectivity index (χ0v) is 58.5. The Hall–Kier alpha value is -6.65. The number of hydrogen-bond donors (Lipinski definition) is 9. The molecular formula is C66H112F3N13O12. The molecule has 0 aromatic heterocycles. The lowest BCUT2D eigenvalue weighted by Gasteiger charge is -2.41. The van der Waals surface area contributed by atoms with E-state index in [1.54, 1.807) is 61.9 Å². The second-order valence-corrected chi connectivity index (χ2v) is 26.6. The minimum Gasteiger partial charge on any atom is -0.379 e. The third kappa shape index (κ3) is 24.8. The van der Waals surface area contributed by atoms with Gasteiger partial charge in [-0.05, 0) is 127 Å². The Bertz CT molecular complexity index is 2630. The van der Waals surface area contributed by atoms with Crippen molar-refractivity contribution >= 4 is 64.9 Å². The zero-order chi connectivity index (χ0) is 70.9. The molecule has 94 heavy (non-hydrogen) atoms. The number of methoxy groups -OCH3 is 2. The normalized spacial score (nSPS) is 19.4. The summed E-state index contributed by atoms with van der Waals surface area (Å²) in [7, 11) is 8.33. The second kappa shape index (κ2) is 39.4. The monoisotopic (exact) mass is 1340 g/mol. The predicted octanol–water partition coefficient (Wildman–Crippen LogP) is 4.42. The van der Waals surface area contributed by atoms with Crippen LogP contribution in [0.5, 0.6) is 0 Å². The molecule has 10 N–H and O–H groups in total. The highest BCUT2D eigenvalue weighted by molar-refractivity contribution is 5.98. The summed E-state index contributed by atoms with van der Waals surface area (Å²) < 4.78 is 54.5. The molecule has 11 amide bonds. The minimum atomic E-state index is -4.59. The molecule has 0 radical (unpaired) electrons. The summed E-state index contributed by atoms with van der Waals surface area (Å²) >= 11 is 0. The van der Waals surface area contributed by atoms with Crippen LogP contribution < -0.4 is 48.3 Å². The Morgan fingerprint density at radius 1 is 0.713 bits per heavy atom. The highest BCUT2D eigenvalue weighted by Crippen LogP contribution is 2.35.